The summed E-state index contributed by atoms with van der Waals surface area (Å²) in [5.41, 5.74) is -0.107. The van der Waals surface area contributed by atoms with Crippen LogP contribution in [0.5, 0.6) is 11.5 Å². The van der Waals surface area contributed by atoms with Crippen molar-refractivity contribution in [3.63, 3.8) is 0 Å². The zero-order valence-electron chi connectivity index (χ0n) is 6.67. The van der Waals surface area contributed by atoms with Gasteiger partial charge in [0.2, 0.25) is 0 Å². The highest BCUT2D eigenvalue weighted by Crippen LogP contribution is 2.27. The predicted octanol–water partition coefficient (Wildman–Crippen LogP) is 2.16. The zero-order chi connectivity index (χ0) is 10.8. The molecule has 1 rings (SSSR count). The van der Waals surface area contributed by atoms with E-state index in [1.807, 2.05) is 0 Å². The molecule has 0 bridgehead atoms. The maximum Gasteiger partial charge on any atom is 0.573 e. The van der Waals surface area contributed by atoms with Crippen molar-refractivity contribution in [1.29, 1.82) is 5.26 Å². The summed E-state index contributed by atoms with van der Waals surface area (Å²) < 4.78 is 38.7. The number of nitrogens with zero attached hydrogens (tertiary/aromatic N) is 1. The minimum Gasteiger partial charge on any atom is -0.508 e. The molecule has 0 heterocycles. The largest absolute Gasteiger partial charge is 0.573 e. The molecular weight excluding hydrogens is 199 g/mol. The molecule has 0 saturated carbocycles. The summed E-state index contributed by atoms with van der Waals surface area (Å²) in [7, 11) is 0. The van der Waals surface area contributed by atoms with Crippen LogP contribution < -0.4 is 4.74 Å². The van der Waals surface area contributed by atoms with E-state index >= 15 is 0 Å². The summed E-state index contributed by atoms with van der Waals surface area (Å²) in [4.78, 5) is 0. The highest BCUT2D eigenvalue weighted by molar-refractivity contribution is 5.43. The van der Waals surface area contributed by atoms with Crippen LogP contribution in [0.2, 0.25) is 0 Å². The van der Waals surface area contributed by atoms with E-state index in [0.29, 0.717) is 0 Å². The topological polar surface area (TPSA) is 53.2 Å². The Balaban J connectivity index is 3.00. The SMILES string of the molecule is N#Cc1cc(O)cc(OC(F)(F)F)c1. The summed E-state index contributed by atoms with van der Waals surface area (Å²) >= 11 is 0. The summed E-state index contributed by atoms with van der Waals surface area (Å²) in [5.74, 6) is -1.07. The molecule has 0 aliphatic carbocycles. The average molecular weight is 203 g/mol. The standard InChI is InChI=1S/C8H4F3NO2/c9-8(10,11)14-7-2-5(4-12)1-6(13)3-7/h1-3,13H. The maximum atomic E-state index is 11.7. The second-order valence-electron chi connectivity index (χ2n) is 2.38. The Bertz CT molecular complexity index is 381. The van der Waals surface area contributed by atoms with E-state index in [2.05, 4.69) is 4.74 Å². The van der Waals surface area contributed by atoms with Crippen molar-refractivity contribution in [3.8, 4) is 17.6 Å². The molecule has 3 nitrogen and oxygen atoms in total. The minimum absolute atomic E-state index is 0.107. The van der Waals surface area contributed by atoms with Crippen molar-refractivity contribution in [2.45, 2.75) is 6.36 Å². The van der Waals surface area contributed by atoms with Gasteiger partial charge in [0.15, 0.2) is 0 Å². The molecule has 0 spiro atoms. The van der Waals surface area contributed by atoms with Gasteiger partial charge < -0.3 is 9.84 Å². The lowest BCUT2D eigenvalue weighted by Crippen LogP contribution is -2.17. The molecule has 14 heavy (non-hydrogen) atoms. The van der Waals surface area contributed by atoms with E-state index in [4.69, 9.17) is 10.4 Å². The van der Waals surface area contributed by atoms with Crippen LogP contribution in [-0.4, -0.2) is 11.5 Å². The van der Waals surface area contributed by atoms with Crippen molar-refractivity contribution < 1.29 is 23.0 Å². The Morgan fingerprint density at radius 3 is 2.43 bits per heavy atom. The van der Waals surface area contributed by atoms with Gasteiger partial charge in [-0.1, -0.05) is 0 Å². The van der Waals surface area contributed by atoms with Crippen molar-refractivity contribution in [1.82, 2.24) is 0 Å². The number of benzene rings is 1. The van der Waals surface area contributed by atoms with Gasteiger partial charge in [0, 0.05) is 6.07 Å². The third-order valence-corrected chi connectivity index (χ3v) is 1.25. The molecular formula is C8H4F3NO2. The van der Waals surface area contributed by atoms with E-state index in [0.717, 1.165) is 18.2 Å². The van der Waals surface area contributed by atoms with Crippen LogP contribution in [0.3, 0.4) is 0 Å². The number of rotatable bonds is 1. The lowest BCUT2D eigenvalue weighted by atomic mass is 10.2. The predicted molar refractivity (Wildman–Crippen MR) is 39.5 cm³/mol. The Morgan fingerprint density at radius 2 is 1.93 bits per heavy atom. The Labute approximate surface area is 77.0 Å². The fraction of sp³-hybridized carbons (Fsp3) is 0.125. The van der Waals surface area contributed by atoms with E-state index < -0.39 is 17.9 Å². The van der Waals surface area contributed by atoms with Crippen molar-refractivity contribution in [2.75, 3.05) is 0 Å². The summed E-state index contributed by atoms with van der Waals surface area (Å²) in [6.45, 7) is 0. The minimum atomic E-state index is -4.83. The fourth-order valence-electron chi connectivity index (χ4n) is 0.840. The van der Waals surface area contributed by atoms with Crippen molar-refractivity contribution >= 4 is 0 Å². The molecule has 74 valence electrons. The van der Waals surface area contributed by atoms with Gasteiger partial charge in [-0.3, -0.25) is 0 Å². The van der Waals surface area contributed by atoms with Gasteiger partial charge in [-0.05, 0) is 12.1 Å². The number of phenols is 1. The van der Waals surface area contributed by atoms with Crippen LogP contribution in [0.25, 0.3) is 0 Å². The number of hydrogen-bond donors (Lipinski definition) is 1. The second kappa shape index (κ2) is 3.46. The molecule has 0 aromatic heterocycles. The van der Waals surface area contributed by atoms with Crippen molar-refractivity contribution in [2.24, 2.45) is 0 Å². The molecule has 0 saturated heterocycles. The van der Waals surface area contributed by atoms with E-state index in [1.165, 1.54) is 0 Å². The number of aromatic hydroxyl groups is 1. The fourth-order valence-corrected chi connectivity index (χ4v) is 0.840. The van der Waals surface area contributed by atoms with Crippen LogP contribution in [0.15, 0.2) is 18.2 Å². The number of halogens is 3. The molecule has 1 N–H and O–H groups in total. The molecule has 0 aliphatic heterocycles. The number of hydrogen-bond acceptors (Lipinski definition) is 3. The Kier molecular flexibility index (Phi) is 2.51. The highest BCUT2D eigenvalue weighted by atomic mass is 19.4. The van der Waals surface area contributed by atoms with Gasteiger partial charge in [0.25, 0.3) is 0 Å². The molecule has 1 aromatic carbocycles. The third kappa shape index (κ3) is 2.86. The Hall–Kier alpha value is -1.90. The number of ether oxygens (including phenoxy) is 1. The van der Waals surface area contributed by atoms with Crippen LogP contribution in [0.1, 0.15) is 5.56 Å². The van der Waals surface area contributed by atoms with Crippen LogP contribution in [-0.2, 0) is 0 Å². The summed E-state index contributed by atoms with van der Waals surface area (Å²) in [5, 5.41) is 17.3. The van der Waals surface area contributed by atoms with Crippen LogP contribution >= 0.6 is 0 Å². The molecule has 1 aromatic rings. The molecule has 0 radical (unpaired) electrons. The summed E-state index contributed by atoms with van der Waals surface area (Å²) in [6.07, 6.45) is -4.83. The third-order valence-electron chi connectivity index (χ3n) is 1.25. The van der Waals surface area contributed by atoms with E-state index in [1.54, 1.807) is 6.07 Å². The lowest BCUT2D eigenvalue weighted by molar-refractivity contribution is -0.274. The Morgan fingerprint density at radius 1 is 1.29 bits per heavy atom. The smallest absolute Gasteiger partial charge is 0.508 e. The normalized spacial score (nSPS) is 10.7. The maximum absolute atomic E-state index is 11.7. The first-order valence-electron chi connectivity index (χ1n) is 3.40. The number of alkyl halides is 3. The first-order chi connectivity index (χ1) is 6.40. The molecule has 0 unspecified atom stereocenters. The zero-order valence-corrected chi connectivity index (χ0v) is 6.67. The monoisotopic (exact) mass is 203 g/mol. The van der Waals surface area contributed by atoms with Crippen LogP contribution in [0, 0.1) is 11.3 Å². The lowest BCUT2D eigenvalue weighted by Gasteiger charge is -2.08. The van der Waals surface area contributed by atoms with Gasteiger partial charge in [0.05, 0.1) is 11.6 Å². The van der Waals surface area contributed by atoms with Crippen LogP contribution in [0.4, 0.5) is 13.2 Å². The number of nitriles is 1. The van der Waals surface area contributed by atoms with Gasteiger partial charge in [-0.2, -0.15) is 5.26 Å². The quantitative estimate of drug-likeness (QED) is 0.760. The van der Waals surface area contributed by atoms with Gasteiger partial charge in [0.1, 0.15) is 11.5 Å². The molecule has 0 atom stereocenters. The number of phenolic OH excluding ortho intramolecular Hbond substituents is 1. The first kappa shape index (κ1) is 10.2. The van der Waals surface area contributed by atoms with E-state index in [-0.39, 0.29) is 5.56 Å². The van der Waals surface area contributed by atoms with Crippen molar-refractivity contribution in [3.05, 3.63) is 23.8 Å². The average Bonchev–Trinajstić information content (AvgIpc) is 1.99. The molecule has 0 fully saturated rings. The van der Waals surface area contributed by atoms with Gasteiger partial charge in [-0.15, -0.1) is 13.2 Å². The van der Waals surface area contributed by atoms with Gasteiger partial charge >= 0.3 is 6.36 Å². The molecule has 6 heteroatoms. The first-order valence-corrected chi connectivity index (χ1v) is 3.40. The molecule has 0 aliphatic rings. The highest BCUT2D eigenvalue weighted by Gasteiger charge is 2.31. The second-order valence-corrected chi connectivity index (χ2v) is 2.38. The van der Waals surface area contributed by atoms with Gasteiger partial charge in [-0.25, -0.2) is 0 Å². The molecule has 0 amide bonds. The summed E-state index contributed by atoms with van der Waals surface area (Å²) in [6, 6.07) is 4.27. The van der Waals surface area contributed by atoms with E-state index in [9.17, 15) is 13.2 Å².